The Bertz CT molecular complexity index is 2300. The first-order valence-corrected chi connectivity index (χ1v) is 22.9. The summed E-state index contributed by atoms with van der Waals surface area (Å²) < 4.78 is 49.1. The third kappa shape index (κ3) is 18.1. The molecule has 2 radical (unpaired) electrons. The van der Waals surface area contributed by atoms with Gasteiger partial charge in [-0.2, -0.15) is 0 Å². The molecule has 12 nitrogen and oxygen atoms in total. The summed E-state index contributed by atoms with van der Waals surface area (Å²) in [6.07, 6.45) is 6.32. The van der Waals surface area contributed by atoms with Crippen molar-refractivity contribution in [3.8, 4) is 11.5 Å². The van der Waals surface area contributed by atoms with Crippen molar-refractivity contribution in [2.24, 2.45) is 0 Å². The van der Waals surface area contributed by atoms with E-state index >= 15 is 0 Å². The van der Waals surface area contributed by atoms with E-state index in [4.69, 9.17) is 36.6 Å². The first-order valence-electron chi connectivity index (χ1n) is 20.7. The Morgan fingerprint density at radius 1 is 0.569 bits per heavy atom. The summed E-state index contributed by atoms with van der Waals surface area (Å²) >= 11 is 0. The fourth-order valence-corrected chi connectivity index (χ4v) is 7.63. The van der Waals surface area contributed by atoms with Crippen molar-refractivity contribution in [1.82, 2.24) is 10.9 Å². The third-order valence-electron chi connectivity index (χ3n) is 8.98. The molecule has 0 aliphatic rings. The number of hydrogen-bond donors (Lipinski definition) is 2. The van der Waals surface area contributed by atoms with Crippen LogP contribution in [0, 0.1) is 13.0 Å². The van der Waals surface area contributed by atoms with E-state index in [-0.39, 0.29) is 57.6 Å². The molecule has 0 spiro atoms. The second-order valence-electron chi connectivity index (χ2n) is 13.9. The van der Waals surface area contributed by atoms with Gasteiger partial charge in [-0.25, -0.2) is 10.2 Å². The highest BCUT2D eigenvalue weighted by Crippen LogP contribution is 2.50. The number of esters is 1. The molecular weight excluding hydrogens is 863 g/mol. The van der Waals surface area contributed by atoms with Crippen LogP contribution in [0.4, 0.5) is 4.79 Å². The Kier molecular flexibility index (Phi) is 20.7. The van der Waals surface area contributed by atoms with Crippen LogP contribution in [0.25, 0.3) is 0 Å². The Labute approximate surface area is 383 Å². The molecule has 334 valence electrons. The number of ether oxygens (including phenoxy) is 2. The fourth-order valence-electron chi connectivity index (χ4n) is 5.69. The SMILES string of the molecule is [CH2]/C=C/C=C/COP(OCc1[c]cccc1)Oc1ccc(CC(NNC(=O)OCc2ccccc2)C(=O)OCc2ccccc2)cc1OP(OCc1ccccc1)OCc1ccccc1. The standard InChI is InChI=1S/C51H50N2O10P2/c1-2-3-4-20-33-58-64(59-38-43-25-14-7-15-26-43)62-48-32-31-46(35-49(48)63-65(60-39-44-27-16-8-17-28-44)61-40-45-29-18-9-19-30-45)34-47(50(54)56-36-41-21-10-5-11-22-41)52-53-51(55)57-37-42-23-12-6-13-24-42/h2-25,27-32,35,47,52H,1,33-34,36-40H2,(H,53,55)/b3-2+,20-4+. The molecule has 2 N–H and O–H groups in total. The number of carbonyl (C=O) groups is 2. The van der Waals surface area contributed by atoms with Crippen LogP contribution in [-0.2, 0) is 71.8 Å². The summed E-state index contributed by atoms with van der Waals surface area (Å²) in [5, 5.41) is 0. The molecule has 1 amide bonds. The maximum absolute atomic E-state index is 13.8. The van der Waals surface area contributed by atoms with Crippen molar-refractivity contribution < 1.29 is 46.2 Å². The lowest BCUT2D eigenvalue weighted by atomic mass is 10.1. The summed E-state index contributed by atoms with van der Waals surface area (Å²) in [5.74, 6) is -0.135. The number of rotatable bonds is 26. The van der Waals surface area contributed by atoms with Gasteiger partial charge in [0.05, 0.1) is 26.4 Å². The van der Waals surface area contributed by atoms with Crippen LogP contribution in [0.3, 0.4) is 0 Å². The van der Waals surface area contributed by atoms with E-state index in [0.29, 0.717) is 5.56 Å². The lowest BCUT2D eigenvalue weighted by Gasteiger charge is -2.23. The van der Waals surface area contributed by atoms with Gasteiger partial charge in [-0.3, -0.25) is 28.3 Å². The van der Waals surface area contributed by atoms with Crippen molar-refractivity contribution in [3.05, 3.63) is 234 Å². The minimum atomic E-state index is -2.07. The number of allylic oxidation sites excluding steroid dienone is 3. The van der Waals surface area contributed by atoms with Gasteiger partial charge in [0.2, 0.25) is 0 Å². The zero-order chi connectivity index (χ0) is 45.2. The van der Waals surface area contributed by atoms with Gasteiger partial charge >= 0.3 is 29.3 Å². The lowest BCUT2D eigenvalue weighted by Crippen LogP contribution is -2.50. The molecule has 0 bridgehead atoms. The highest BCUT2D eigenvalue weighted by atomic mass is 31.2. The molecule has 0 aliphatic heterocycles. The minimum Gasteiger partial charge on any atom is -0.460 e. The molecule has 0 fully saturated rings. The number of amides is 1. The zero-order valence-electron chi connectivity index (χ0n) is 35.6. The zero-order valence-corrected chi connectivity index (χ0v) is 37.4. The van der Waals surface area contributed by atoms with E-state index in [1.807, 2.05) is 152 Å². The van der Waals surface area contributed by atoms with E-state index in [0.717, 1.165) is 27.8 Å². The molecule has 0 saturated carbocycles. The van der Waals surface area contributed by atoms with Crippen molar-refractivity contribution in [3.63, 3.8) is 0 Å². The van der Waals surface area contributed by atoms with Gasteiger partial charge in [0.15, 0.2) is 11.5 Å². The van der Waals surface area contributed by atoms with Crippen LogP contribution in [0.2, 0.25) is 0 Å². The Hall–Kier alpha value is -6.20. The first kappa shape index (κ1) is 48.3. The molecule has 0 saturated heterocycles. The molecule has 14 heteroatoms. The van der Waals surface area contributed by atoms with Crippen molar-refractivity contribution in [1.29, 1.82) is 0 Å². The van der Waals surface area contributed by atoms with E-state index in [1.165, 1.54) is 0 Å². The number of hydrogen-bond acceptors (Lipinski definition) is 11. The Balaban J connectivity index is 1.27. The van der Waals surface area contributed by atoms with Crippen LogP contribution in [0.5, 0.6) is 11.5 Å². The molecule has 2 atom stereocenters. The van der Waals surface area contributed by atoms with Crippen molar-refractivity contribution >= 4 is 29.3 Å². The largest absolute Gasteiger partial charge is 0.460 e. The van der Waals surface area contributed by atoms with Crippen LogP contribution in [0.1, 0.15) is 33.4 Å². The van der Waals surface area contributed by atoms with Gasteiger partial charge < -0.3 is 18.5 Å². The van der Waals surface area contributed by atoms with Gasteiger partial charge in [-0.1, -0.05) is 176 Å². The molecule has 65 heavy (non-hydrogen) atoms. The van der Waals surface area contributed by atoms with Gasteiger partial charge in [-0.15, -0.1) is 0 Å². The van der Waals surface area contributed by atoms with Gasteiger partial charge in [0.25, 0.3) is 0 Å². The molecule has 0 aromatic heterocycles. The van der Waals surface area contributed by atoms with Crippen LogP contribution < -0.4 is 19.9 Å². The number of benzene rings is 6. The average Bonchev–Trinajstić information content (AvgIpc) is 3.36. The van der Waals surface area contributed by atoms with E-state index in [9.17, 15) is 9.59 Å². The van der Waals surface area contributed by atoms with Crippen LogP contribution >= 0.6 is 17.2 Å². The summed E-state index contributed by atoms with van der Waals surface area (Å²) in [6.45, 7) is 4.50. The first-order chi connectivity index (χ1) is 32.0. The monoisotopic (exact) mass is 912 g/mol. The molecule has 2 unspecified atom stereocenters. The molecule has 0 aliphatic carbocycles. The van der Waals surface area contributed by atoms with Crippen molar-refractivity contribution in [2.45, 2.75) is 45.5 Å². The van der Waals surface area contributed by atoms with Crippen LogP contribution in [-0.4, -0.2) is 24.7 Å². The maximum atomic E-state index is 13.8. The Morgan fingerprint density at radius 2 is 1.11 bits per heavy atom. The third-order valence-corrected chi connectivity index (χ3v) is 11.1. The number of nitrogens with one attached hydrogen (secondary N) is 2. The average molecular weight is 913 g/mol. The summed E-state index contributed by atoms with van der Waals surface area (Å²) in [7, 11) is -4.09. The molecule has 6 aromatic rings. The second kappa shape index (κ2) is 27.9. The normalized spacial score (nSPS) is 12.2. The predicted octanol–water partition coefficient (Wildman–Crippen LogP) is 11.4. The smallest absolute Gasteiger partial charge is 0.421 e. The predicted molar refractivity (Wildman–Crippen MR) is 250 cm³/mol. The second-order valence-corrected chi connectivity index (χ2v) is 16.2. The summed E-state index contributed by atoms with van der Waals surface area (Å²) in [5.41, 5.74) is 10.2. The summed E-state index contributed by atoms with van der Waals surface area (Å²) in [4.78, 5) is 26.6. The maximum Gasteiger partial charge on any atom is 0.421 e. The Morgan fingerprint density at radius 3 is 1.69 bits per heavy atom. The molecule has 6 rings (SSSR count). The van der Waals surface area contributed by atoms with Gasteiger partial charge in [0.1, 0.15) is 19.3 Å². The molecule has 6 aromatic carbocycles. The number of carbonyl (C=O) groups excluding carboxylic acids is 2. The molecule has 0 heterocycles. The van der Waals surface area contributed by atoms with E-state index in [1.54, 1.807) is 36.4 Å². The van der Waals surface area contributed by atoms with Crippen LogP contribution in [0.15, 0.2) is 188 Å². The highest BCUT2D eigenvalue weighted by molar-refractivity contribution is 7.42. The minimum absolute atomic E-state index is 0.0182. The topological polar surface area (TPSA) is 132 Å². The highest BCUT2D eigenvalue weighted by Gasteiger charge is 2.26. The van der Waals surface area contributed by atoms with E-state index in [2.05, 4.69) is 23.8 Å². The van der Waals surface area contributed by atoms with E-state index < -0.39 is 35.3 Å². The lowest BCUT2D eigenvalue weighted by molar-refractivity contribution is -0.147. The van der Waals surface area contributed by atoms with Gasteiger partial charge in [-0.05, 0) is 58.5 Å². The number of hydrazine groups is 1. The quantitative estimate of drug-likeness (QED) is 0.0233. The van der Waals surface area contributed by atoms with Gasteiger partial charge in [0, 0.05) is 6.42 Å². The summed E-state index contributed by atoms with van der Waals surface area (Å²) in [6, 6.07) is 52.6. The molecular formula is C51H50N2O10P2. The van der Waals surface area contributed by atoms with Crippen molar-refractivity contribution in [2.75, 3.05) is 6.61 Å². The fraction of sp³-hybridized carbons (Fsp3) is 0.157.